The van der Waals surface area contributed by atoms with E-state index in [1.54, 1.807) is 0 Å². The Labute approximate surface area is 312 Å². The van der Waals surface area contributed by atoms with Crippen molar-refractivity contribution in [3.8, 4) is 0 Å². The van der Waals surface area contributed by atoms with Crippen molar-refractivity contribution >= 4 is 19.8 Å². The van der Waals surface area contributed by atoms with Gasteiger partial charge in [0.2, 0.25) is 0 Å². The summed E-state index contributed by atoms with van der Waals surface area (Å²) in [6, 6.07) is 0. The summed E-state index contributed by atoms with van der Waals surface area (Å²) in [5.41, 5.74) is 0. The summed E-state index contributed by atoms with van der Waals surface area (Å²) in [4.78, 5) is 35.4. The zero-order valence-electron chi connectivity index (χ0n) is 31.9. The predicted molar refractivity (Wildman–Crippen MR) is 198 cm³/mol. The minimum Gasteiger partial charge on any atom is -0.462 e. The molecule has 306 valence electrons. The maximum Gasteiger partial charge on any atom is 0.472 e. The summed E-state index contributed by atoms with van der Waals surface area (Å²) < 4.78 is 33.3. The molecule has 14 heteroatoms. The molecule has 0 aromatic carbocycles. The molecular formula is C38H71O13P. The normalized spacial score (nSPS) is 23.8. The molecule has 8 atom stereocenters. The maximum atomic E-state index is 12.7. The Hall–Kier alpha value is -1.41. The van der Waals surface area contributed by atoms with Crippen LogP contribution in [0.4, 0.5) is 0 Å². The Kier molecular flexibility index (Phi) is 27.9. The standard InChI is InChI=1S/C38H71O13P/c1-3-5-7-9-11-13-15-17-18-20-22-24-26-31(39)48-28-30(50-32(40)27-25-23-21-19-16-14-12-10-8-6-4-2)29-49-52(46,47)51-38-36(44)34(42)33(41)35(43)37(38)45/h10,12,30,33-38,41-45H,3-9,11,13-29H2,1-2H3,(H,46,47)/b12-10+/t30-,33?,34-,35?,36?,37?,38?/m1/s1. The molecule has 0 amide bonds. The molecule has 52 heavy (non-hydrogen) atoms. The number of ether oxygens (including phenoxy) is 2. The predicted octanol–water partition coefficient (Wildman–Crippen LogP) is 6.33. The largest absolute Gasteiger partial charge is 0.472 e. The van der Waals surface area contributed by atoms with Gasteiger partial charge in [-0.25, -0.2) is 4.57 Å². The summed E-state index contributed by atoms with van der Waals surface area (Å²) >= 11 is 0. The van der Waals surface area contributed by atoms with Gasteiger partial charge in [-0.3, -0.25) is 18.6 Å². The van der Waals surface area contributed by atoms with Crippen molar-refractivity contribution in [3.63, 3.8) is 0 Å². The molecule has 0 saturated heterocycles. The van der Waals surface area contributed by atoms with E-state index in [0.717, 1.165) is 57.8 Å². The van der Waals surface area contributed by atoms with Gasteiger partial charge in [0, 0.05) is 12.8 Å². The number of unbranched alkanes of at least 4 members (excludes halogenated alkanes) is 18. The lowest BCUT2D eigenvalue weighted by atomic mass is 9.85. The topological polar surface area (TPSA) is 210 Å². The molecule has 1 rings (SSSR count). The molecule has 0 aromatic heterocycles. The first-order valence-corrected chi connectivity index (χ1v) is 21.5. The first kappa shape index (κ1) is 48.6. The van der Waals surface area contributed by atoms with Gasteiger partial charge in [0.15, 0.2) is 6.10 Å². The summed E-state index contributed by atoms with van der Waals surface area (Å²) in [7, 11) is -5.10. The summed E-state index contributed by atoms with van der Waals surface area (Å²) in [6.45, 7) is 3.22. The number of phosphoric ester groups is 1. The second-order valence-corrected chi connectivity index (χ2v) is 15.5. The van der Waals surface area contributed by atoms with Crippen LogP contribution in [0.3, 0.4) is 0 Å². The second-order valence-electron chi connectivity index (χ2n) is 14.1. The van der Waals surface area contributed by atoms with Crippen molar-refractivity contribution in [3.05, 3.63) is 12.2 Å². The van der Waals surface area contributed by atoms with Gasteiger partial charge in [-0.05, 0) is 32.1 Å². The number of hydrogen-bond acceptors (Lipinski definition) is 12. The van der Waals surface area contributed by atoms with Crippen molar-refractivity contribution in [2.45, 2.75) is 204 Å². The van der Waals surface area contributed by atoms with Crippen molar-refractivity contribution < 1.29 is 63.1 Å². The third-order valence-electron chi connectivity index (χ3n) is 9.36. The molecule has 0 aromatic rings. The number of carbonyl (C=O) groups is 2. The van der Waals surface area contributed by atoms with Gasteiger partial charge in [0.05, 0.1) is 6.61 Å². The fraction of sp³-hybridized carbons (Fsp3) is 0.895. The third-order valence-corrected chi connectivity index (χ3v) is 10.3. The molecule has 1 aliphatic rings. The number of phosphoric acid groups is 1. The Morgan fingerprint density at radius 1 is 0.577 bits per heavy atom. The van der Waals surface area contributed by atoms with E-state index >= 15 is 0 Å². The van der Waals surface area contributed by atoms with Crippen LogP contribution in [-0.4, -0.2) is 98.3 Å². The van der Waals surface area contributed by atoms with E-state index in [1.807, 2.05) is 0 Å². The quantitative estimate of drug-likeness (QED) is 0.0192. The van der Waals surface area contributed by atoms with Gasteiger partial charge in [0.25, 0.3) is 0 Å². The van der Waals surface area contributed by atoms with Gasteiger partial charge in [0.1, 0.15) is 43.2 Å². The SMILES string of the molecule is CCCC/C=C/CCCCCCCC(=O)O[C@H](COC(=O)CCCCCCCCCCCCCC)COP(=O)(O)OC1C(O)C(O)C(O)[C@@H](O)C1O. The van der Waals surface area contributed by atoms with Crippen molar-refractivity contribution in [2.75, 3.05) is 13.2 Å². The van der Waals surface area contributed by atoms with E-state index in [-0.39, 0.29) is 12.8 Å². The summed E-state index contributed by atoms with van der Waals surface area (Å²) in [5, 5.41) is 49.9. The van der Waals surface area contributed by atoms with E-state index in [0.29, 0.717) is 12.8 Å². The Morgan fingerprint density at radius 3 is 1.52 bits per heavy atom. The number of carbonyl (C=O) groups excluding carboxylic acids is 2. The molecule has 1 aliphatic carbocycles. The molecule has 0 spiro atoms. The monoisotopic (exact) mass is 766 g/mol. The molecule has 0 heterocycles. The third kappa shape index (κ3) is 22.7. The van der Waals surface area contributed by atoms with E-state index in [9.17, 15) is 44.6 Å². The van der Waals surface area contributed by atoms with E-state index in [4.69, 9.17) is 18.5 Å². The lowest BCUT2D eigenvalue weighted by Crippen LogP contribution is -2.64. The highest BCUT2D eigenvalue weighted by Crippen LogP contribution is 2.47. The Bertz CT molecular complexity index is 980. The van der Waals surface area contributed by atoms with Gasteiger partial charge in [-0.1, -0.05) is 129 Å². The van der Waals surface area contributed by atoms with Crippen LogP contribution in [0.5, 0.6) is 0 Å². The number of hydrogen-bond donors (Lipinski definition) is 6. The molecule has 13 nitrogen and oxygen atoms in total. The van der Waals surface area contributed by atoms with Crippen LogP contribution in [-0.2, 0) is 32.7 Å². The molecule has 1 saturated carbocycles. The van der Waals surface area contributed by atoms with Crippen LogP contribution in [0, 0.1) is 0 Å². The van der Waals surface area contributed by atoms with Crippen LogP contribution in [0.2, 0.25) is 0 Å². The number of rotatable bonds is 32. The van der Waals surface area contributed by atoms with E-state index < -0.39 is 75.7 Å². The molecule has 1 fully saturated rings. The highest BCUT2D eigenvalue weighted by Gasteiger charge is 2.51. The van der Waals surface area contributed by atoms with E-state index in [1.165, 1.54) is 64.2 Å². The van der Waals surface area contributed by atoms with Gasteiger partial charge < -0.3 is 39.9 Å². The van der Waals surface area contributed by atoms with Crippen LogP contribution in [0.1, 0.15) is 162 Å². The molecule has 6 unspecified atom stereocenters. The number of aliphatic hydroxyl groups excluding tert-OH is 5. The zero-order valence-corrected chi connectivity index (χ0v) is 32.8. The van der Waals surface area contributed by atoms with Crippen LogP contribution in [0.25, 0.3) is 0 Å². The van der Waals surface area contributed by atoms with Crippen LogP contribution >= 0.6 is 7.82 Å². The highest BCUT2D eigenvalue weighted by molar-refractivity contribution is 7.47. The zero-order chi connectivity index (χ0) is 38.6. The van der Waals surface area contributed by atoms with Gasteiger partial charge in [-0.15, -0.1) is 0 Å². The lowest BCUT2D eigenvalue weighted by Gasteiger charge is -2.41. The Balaban J connectivity index is 2.54. The lowest BCUT2D eigenvalue weighted by molar-refractivity contribution is -0.220. The molecule has 0 radical (unpaired) electrons. The number of aliphatic hydroxyl groups is 5. The molecular weight excluding hydrogens is 695 g/mol. The van der Waals surface area contributed by atoms with Gasteiger partial charge in [-0.2, -0.15) is 0 Å². The molecule has 6 N–H and O–H groups in total. The minimum absolute atomic E-state index is 0.0894. The minimum atomic E-state index is -5.10. The highest BCUT2D eigenvalue weighted by atomic mass is 31.2. The smallest absolute Gasteiger partial charge is 0.462 e. The number of esters is 2. The summed E-state index contributed by atoms with van der Waals surface area (Å²) in [6.07, 6.45) is 14.3. The fourth-order valence-electron chi connectivity index (χ4n) is 6.03. The first-order chi connectivity index (χ1) is 24.9. The average Bonchev–Trinajstić information content (AvgIpc) is 3.12. The number of allylic oxidation sites excluding steroid dienone is 2. The first-order valence-electron chi connectivity index (χ1n) is 20.0. The van der Waals surface area contributed by atoms with Crippen molar-refractivity contribution in [1.29, 1.82) is 0 Å². The van der Waals surface area contributed by atoms with Gasteiger partial charge >= 0.3 is 19.8 Å². The van der Waals surface area contributed by atoms with Crippen molar-refractivity contribution in [2.24, 2.45) is 0 Å². The van der Waals surface area contributed by atoms with E-state index in [2.05, 4.69) is 26.0 Å². The van der Waals surface area contributed by atoms with Crippen molar-refractivity contribution in [1.82, 2.24) is 0 Å². The molecule has 0 bridgehead atoms. The van der Waals surface area contributed by atoms with Crippen LogP contribution in [0.15, 0.2) is 12.2 Å². The van der Waals surface area contributed by atoms with Crippen LogP contribution < -0.4 is 0 Å². The molecule has 0 aliphatic heterocycles. The second kappa shape index (κ2) is 29.9. The fourth-order valence-corrected chi connectivity index (χ4v) is 7.00. The Morgan fingerprint density at radius 2 is 1.00 bits per heavy atom. The average molecular weight is 767 g/mol. The summed E-state index contributed by atoms with van der Waals surface area (Å²) in [5.74, 6) is -1.11. The maximum absolute atomic E-state index is 12.7.